The zero-order valence-electron chi connectivity index (χ0n) is 19.2. The molecule has 1 amide bonds. The average molecular weight is 502 g/mol. The number of nitrogens with zero attached hydrogens (tertiary/aromatic N) is 3. The maximum atomic E-state index is 14.0. The van der Waals surface area contributed by atoms with E-state index in [0.29, 0.717) is 11.7 Å². The van der Waals surface area contributed by atoms with Crippen LogP contribution >= 0.6 is 12.2 Å². The Kier molecular flexibility index (Phi) is 6.64. The average Bonchev–Trinajstić information content (AvgIpc) is 3.49. The van der Waals surface area contributed by atoms with Crippen LogP contribution in [0.15, 0.2) is 91.3 Å². The summed E-state index contributed by atoms with van der Waals surface area (Å²) in [5, 5.41) is 16.3. The van der Waals surface area contributed by atoms with E-state index in [1.807, 2.05) is 58.1 Å². The van der Waals surface area contributed by atoms with Crippen molar-refractivity contribution in [2.45, 2.75) is 18.5 Å². The number of hydrogen-bond donors (Lipinski definition) is 3. The van der Waals surface area contributed by atoms with E-state index in [1.165, 1.54) is 12.1 Å². The van der Waals surface area contributed by atoms with Crippen molar-refractivity contribution in [3.8, 4) is 11.4 Å². The lowest BCUT2D eigenvalue weighted by Gasteiger charge is -2.29. The summed E-state index contributed by atoms with van der Waals surface area (Å²) in [6.07, 6.45) is 3.80. The smallest absolute Gasteiger partial charge is 0.226 e. The molecule has 1 aliphatic heterocycles. The van der Waals surface area contributed by atoms with Crippen molar-refractivity contribution < 1.29 is 14.3 Å². The highest BCUT2D eigenvalue weighted by molar-refractivity contribution is 7.80. The van der Waals surface area contributed by atoms with Gasteiger partial charge in [-0.15, -0.1) is 0 Å². The summed E-state index contributed by atoms with van der Waals surface area (Å²) >= 11 is 5.70. The molecule has 0 spiro atoms. The third-order valence-corrected chi connectivity index (χ3v) is 6.49. The van der Waals surface area contributed by atoms with Crippen molar-refractivity contribution in [3.05, 3.63) is 108 Å². The highest BCUT2D eigenvalue weighted by Crippen LogP contribution is 2.39. The molecule has 2 aromatic heterocycles. The SMILES string of the molecule is O=C(CCN1C(=S)N[C@H](c2ccccn2)[C@@H]1c1cccn1-c1ccc(O)cc1)Nc1ccccc1F. The number of benzene rings is 2. The zero-order chi connectivity index (χ0) is 25.1. The first-order valence-corrected chi connectivity index (χ1v) is 11.9. The van der Waals surface area contributed by atoms with Crippen molar-refractivity contribution in [1.82, 2.24) is 19.8 Å². The Hall–Kier alpha value is -4.24. The van der Waals surface area contributed by atoms with Gasteiger partial charge in [0.1, 0.15) is 11.6 Å². The summed E-state index contributed by atoms with van der Waals surface area (Å²) in [4.78, 5) is 19.2. The second-order valence-electron chi connectivity index (χ2n) is 8.42. The van der Waals surface area contributed by atoms with E-state index in [9.17, 15) is 14.3 Å². The number of para-hydroxylation sites is 1. The van der Waals surface area contributed by atoms with Crippen molar-refractivity contribution in [3.63, 3.8) is 0 Å². The fourth-order valence-electron chi connectivity index (χ4n) is 4.45. The minimum Gasteiger partial charge on any atom is -0.508 e. The van der Waals surface area contributed by atoms with Crippen LogP contribution in [-0.4, -0.2) is 37.1 Å². The van der Waals surface area contributed by atoms with E-state index in [2.05, 4.69) is 15.6 Å². The minimum atomic E-state index is -0.482. The Morgan fingerprint density at radius 1 is 1.06 bits per heavy atom. The van der Waals surface area contributed by atoms with Gasteiger partial charge < -0.3 is 25.2 Å². The van der Waals surface area contributed by atoms with Crippen molar-refractivity contribution >= 4 is 28.9 Å². The predicted octanol–water partition coefficient (Wildman–Crippen LogP) is 4.72. The quantitative estimate of drug-likeness (QED) is 0.318. The molecule has 182 valence electrons. The van der Waals surface area contributed by atoms with Crippen LogP contribution in [0.2, 0.25) is 0 Å². The van der Waals surface area contributed by atoms with E-state index >= 15 is 0 Å². The molecule has 0 unspecified atom stereocenters. The van der Waals surface area contributed by atoms with Crippen LogP contribution in [-0.2, 0) is 4.79 Å². The van der Waals surface area contributed by atoms with Crippen molar-refractivity contribution in [2.24, 2.45) is 0 Å². The summed E-state index contributed by atoms with van der Waals surface area (Å²) < 4.78 is 16.0. The fourth-order valence-corrected chi connectivity index (χ4v) is 4.78. The number of nitrogens with one attached hydrogen (secondary N) is 2. The molecule has 4 aromatic rings. The summed E-state index contributed by atoms with van der Waals surface area (Å²) in [7, 11) is 0. The van der Waals surface area contributed by atoms with Crippen LogP contribution in [0.4, 0.5) is 10.1 Å². The summed E-state index contributed by atoms with van der Waals surface area (Å²) in [6.45, 7) is 0.320. The number of carbonyl (C=O) groups excluding carboxylic acids is 1. The van der Waals surface area contributed by atoms with Crippen LogP contribution in [0.1, 0.15) is 29.9 Å². The van der Waals surface area contributed by atoms with Crippen LogP contribution in [0, 0.1) is 5.82 Å². The second kappa shape index (κ2) is 10.2. The number of pyridine rings is 1. The van der Waals surface area contributed by atoms with Gasteiger partial charge in [0, 0.05) is 36.7 Å². The zero-order valence-corrected chi connectivity index (χ0v) is 20.0. The van der Waals surface area contributed by atoms with Crippen LogP contribution in [0.3, 0.4) is 0 Å². The Balaban J connectivity index is 1.44. The third kappa shape index (κ3) is 4.78. The van der Waals surface area contributed by atoms with Crippen LogP contribution < -0.4 is 10.6 Å². The van der Waals surface area contributed by atoms with Gasteiger partial charge in [0.15, 0.2) is 5.11 Å². The number of amides is 1. The molecule has 3 heterocycles. The molecule has 1 fully saturated rings. The third-order valence-electron chi connectivity index (χ3n) is 6.14. The molecule has 0 radical (unpaired) electrons. The van der Waals surface area contributed by atoms with Gasteiger partial charge in [0.05, 0.1) is 23.5 Å². The normalized spacial score (nSPS) is 17.1. The Labute approximate surface area is 213 Å². The monoisotopic (exact) mass is 501 g/mol. The predicted molar refractivity (Wildman–Crippen MR) is 139 cm³/mol. The number of phenols is 1. The number of rotatable bonds is 7. The first-order valence-electron chi connectivity index (χ1n) is 11.5. The first kappa shape index (κ1) is 23.5. The molecule has 0 aliphatic carbocycles. The number of hydrogen-bond acceptors (Lipinski definition) is 4. The van der Waals surface area contributed by atoms with Gasteiger partial charge in [-0.05, 0) is 72.9 Å². The lowest BCUT2D eigenvalue weighted by molar-refractivity contribution is -0.116. The van der Waals surface area contributed by atoms with Gasteiger partial charge in [-0.2, -0.15) is 0 Å². The summed E-state index contributed by atoms with van der Waals surface area (Å²) in [5.74, 6) is -0.606. The largest absolute Gasteiger partial charge is 0.508 e. The Morgan fingerprint density at radius 3 is 2.58 bits per heavy atom. The molecule has 3 N–H and O–H groups in total. The number of aromatic hydroxyl groups is 1. The fraction of sp³-hybridized carbons (Fsp3) is 0.148. The molecule has 1 saturated heterocycles. The maximum Gasteiger partial charge on any atom is 0.226 e. The maximum absolute atomic E-state index is 14.0. The van der Waals surface area contributed by atoms with Crippen molar-refractivity contribution in [2.75, 3.05) is 11.9 Å². The first-order chi connectivity index (χ1) is 17.5. The van der Waals surface area contributed by atoms with Gasteiger partial charge in [-0.3, -0.25) is 9.78 Å². The molecular weight excluding hydrogens is 477 g/mol. The number of anilines is 1. The Morgan fingerprint density at radius 2 is 1.83 bits per heavy atom. The molecule has 0 saturated carbocycles. The number of carbonyl (C=O) groups is 1. The number of thiocarbonyl (C=S) groups is 1. The molecule has 0 bridgehead atoms. The molecule has 2 aromatic carbocycles. The Bertz CT molecular complexity index is 1380. The highest BCUT2D eigenvalue weighted by Gasteiger charge is 2.41. The molecule has 1 aliphatic rings. The topological polar surface area (TPSA) is 82.4 Å². The van der Waals surface area contributed by atoms with E-state index in [4.69, 9.17) is 12.2 Å². The molecule has 9 heteroatoms. The van der Waals surface area contributed by atoms with Gasteiger partial charge in [-0.1, -0.05) is 18.2 Å². The van der Waals surface area contributed by atoms with Gasteiger partial charge in [0.25, 0.3) is 0 Å². The number of halogens is 1. The molecule has 36 heavy (non-hydrogen) atoms. The van der Waals surface area contributed by atoms with Gasteiger partial charge in [-0.25, -0.2) is 4.39 Å². The number of phenolic OH excluding ortho intramolecular Hbond substituents is 1. The standard InChI is InChI=1S/C27H24FN5O2S/c28-20-6-1-2-7-21(20)30-24(35)14-17-33-26(25(31-27(33)36)22-8-3-4-15-29-22)23-9-5-16-32(23)18-10-12-19(34)13-11-18/h1-13,15-16,25-26,34H,14,17H2,(H,30,35)(H,31,36)/t25-,26+/m1/s1. The number of aromatic nitrogens is 2. The summed E-state index contributed by atoms with van der Waals surface area (Å²) in [5.41, 5.74) is 2.79. The van der Waals surface area contributed by atoms with E-state index in [-0.39, 0.29) is 35.8 Å². The van der Waals surface area contributed by atoms with Crippen molar-refractivity contribution in [1.29, 1.82) is 0 Å². The molecule has 7 nitrogen and oxygen atoms in total. The second-order valence-corrected chi connectivity index (χ2v) is 8.80. The van der Waals surface area contributed by atoms with Crippen LogP contribution in [0.25, 0.3) is 5.69 Å². The lowest BCUT2D eigenvalue weighted by atomic mass is 10.0. The van der Waals surface area contributed by atoms with E-state index in [1.54, 1.807) is 30.5 Å². The summed E-state index contributed by atoms with van der Waals surface area (Å²) in [6, 6.07) is 22.2. The minimum absolute atomic E-state index is 0.113. The van der Waals surface area contributed by atoms with Gasteiger partial charge >= 0.3 is 0 Å². The molecule has 5 rings (SSSR count). The van der Waals surface area contributed by atoms with E-state index < -0.39 is 5.82 Å². The van der Waals surface area contributed by atoms with E-state index in [0.717, 1.165) is 17.1 Å². The highest BCUT2D eigenvalue weighted by atomic mass is 32.1. The molecule has 2 atom stereocenters. The van der Waals surface area contributed by atoms with Crippen LogP contribution in [0.5, 0.6) is 5.75 Å². The lowest BCUT2D eigenvalue weighted by Crippen LogP contribution is -2.33. The van der Waals surface area contributed by atoms with Gasteiger partial charge in [0.2, 0.25) is 5.91 Å². The molecular formula is C27H24FN5O2S.